The molecule has 0 amide bonds. The fraction of sp³-hybridized carbons (Fsp3) is 0.812. The van der Waals surface area contributed by atoms with Crippen LogP contribution in [0.3, 0.4) is 0 Å². The number of nitrogens with one attached hydrogen (secondary N) is 1. The molecule has 1 N–H and O–H groups in total. The summed E-state index contributed by atoms with van der Waals surface area (Å²) in [6.07, 6.45) is 11.8. The molecule has 2 aliphatic carbocycles. The summed E-state index contributed by atoms with van der Waals surface area (Å²) in [5.41, 5.74) is 0. The Balaban J connectivity index is 1.67. The topological polar surface area (TPSA) is 38.1 Å². The first-order valence-corrected chi connectivity index (χ1v) is 7.90. The molecular weight excluding hydrogens is 236 g/mol. The van der Waals surface area contributed by atoms with Crippen LogP contribution in [0.2, 0.25) is 0 Å². The zero-order valence-electron chi connectivity index (χ0n) is 12.2. The molecule has 19 heavy (non-hydrogen) atoms. The monoisotopic (exact) mass is 262 g/mol. The van der Waals surface area contributed by atoms with E-state index in [9.17, 15) is 0 Å². The van der Waals surface area contributed by atoms with Gasteiger partial charge in [-0.2, -0.15) is 0 Å². The second-order valence-corrected chi connectivity index (χ2v) is 6.43. The van der Waals surface area contributed by atoms with Crippen LogP contribution in [0.15, 0.2) is 10.6 Å². The molecule has 2 fully saturated rings. The van der Waals surface area contributed by atoms with Gasteiger partial charge in [-0.3, -0.25) is 0 Å². The lowest BCUT2D eigenvalue weighted by atomic mass is 9.67. The first-order valence-electron chi connectivity index (χ1n) is 7.90. The lowest BCUT2D eigenvalue weighted by Crippen LogP contribution is -2.26. The van der Waals surface area contributed by atoms with Gasteiger partial charge in [0.15, 0.2) is 0 Å². The van der Waals surface area contributed by atoms with E-state index in [-0.39, 0.29) is 6.04 Å². The Kier molecular flexibility index (Phi) is 3.92. The molecule has 0 aliphatic heterocycles. The van der Waals surface area contributed by atoms with E-state index in [1.54, 1.807) is 0 Å². The second kappa shape index (κ2) is 5.66. The molecule has 0 radical (unpaired) electrons. The molecule has 1 aromatic heterocycles. The first-order chi connectivity index (χ1) is 9.28. The SMILES string of the molecule is CNC(C)c1ncc(C2CCC3CCCCC3C2)o1. The van der Waals surface area contributed by atoms with E-state index >= 15 is 0 Å². The molecule has 4 atom stereocenters. The molecule has 3 nitrogen and oxygen atoms in total. The highest BCUT2D eigenvalue weighted by Crippen LogP contribution is 2.46. The van der Waals surface area contributed by atoms with Crippen molar-refractivity contribution >= 4 is 0 Å². The van der Waals surface area contributed by atoms with Crippen molar-refractivity contribution in [3.63, 3.8) is 0 Å². The van der Waals surface area contributed by atoms with E-state index in [4.69, 9.17) is 4.42 Å². The van der Waals surface area contributed by atoms with Gasteiger partial charge in [-0.05, 0) is 45.1 Å². The molecule has 0 spiro atoms. The maximum absolute atomic E-state index is 5.98. The number of rotatable bonds is 3. The van der Waals surface area contributed by atoms with Gasteiger partial charge in [-0.15, -0.1) is 0 Å². The number of aromatic nitrogens is 1. The van der Waals surface area contributed by atoms with Gasteiger partial charge in [-0.25, -0.2) is 4.98 Å². The molecule has 0 saturated heterocycles. The summed E-state index contributed by atoms with van der Waals surface area (Å²) in [5.74, 6) is 4.53. The Bertz CT molecular complexity index is 415. The highest BCUT2D eigenvalue weighted by Gasteiger charge is 2.34. The molecule has 3 heteroatoms. The van der Waals surface area contributed by atoms with Crippen LogP contribution in [0, 0.1) is 11.8 Å². The standard InChI is InChI=1S/C16H26N2O/c1-11(17-2)16-18-10-15(19-16)14-8-7-12-5-3-4-6-13(12)9-14/h10-14,17H,3-9H2,1-2H3. The van der Waals surface area contributed by atoms with Crippen molar-refractivity contribution in [3.05, 3.63) is 17.8 Å². The number of hydrogen-bond acceptors (Lipinski definition) is 3. The van der Waals surface area contributed by atoms with Crippen LogP contribution in [0.25, 0.3) is 0 Å². The van der Waals surface area contributed by atoms with Crippen LogP contribution in [0.1, 0.15) is 75.5 Å². The van der Waals surface area contributed by atoms with E-state index < -0.39 is 0 Å². The molecule has 2 aliphatic rings. The Hall–Kier alpha value is -0.830. The quantitative estimate of drug-likeness (QED) is 0.893. The Labute approximate surface area is 116 Å². The highest BCUT2D eigenvalue weighted by molar-refractivity contribution is 5.06. The van der Waals surface area contributed by atoms with Crippen molar-refractivity contribution in [2.24, 2.45) is 11.8 Å². The molecule has 3 rings (SSSR count). The molecule has 0 bridgehead atoms. The summed E-state index contributed by atoms with van der Waals surface area (Å²) in [7, 11) is 1.95. The second-order valence-electron chi connectivity index (χ2n) is 6.43. The van der Waals surface area contributed by atoms with Crippen molar-refractivity contribution in [1.29, 1.82) is 0 Å². The van der Waals surface area contributed by atoms with Crippen molar-refractivity contribution < 1.29 is 4.42 Å². The molecule has 0 aromatic carbocycles. The number of oxazole rings is 1. The maximum Gasteiger partial charge on any atom is 0.211 e. The summed E-state index contributed by atoms with van der Waals surface area (Å²) in [6, 6.07) is 0.208. The summed E-state index contributed by atoms with van der Waals surface area (Å²) in [6.45, 7) is 2.09. The van der Waals surface area contributed by atoms with Crippen molar-refractivity contribution in [2.75, 3.05) is 7.05 Å². The maximum atomic E-state index is 5.98. The molecule has 1 aromatic rings. The molecule has 4 unspecified atom stereocenters. The molecule has 106 valence electrons. The van der Waals surface area contributed by atoms with Crippen molar-refractivity contribution in [2.45, 2.75) is 63.8 Å². The van der Waals surface area contributed by atoms with E-state index in [1.807, 2.05) is 13.2 Å². The van der Waals surface area contributed by atoms with Crippen LogP contribution < -0.4 is 5.32 Å². The predicted octanol–water partition coefficient (Wildman–Crippen LogP) is 4.03. The van der Waals surface area contributed by atoms with Gasteiger partial charge in [-0.1, -0.05) is 25.7 Å². The highest BCUT2D eigenvalue weighted by atomic mass is 16.4. The minimum Gasteiger partial charge on any atom is -0.444 e. The fourth-order valence-electron chi connectivity index (χ4n) is 3.94. The van der Waals surface area contributed by atoms with Gasteiger partial charge in [0.25, 0.3) is 0 Å². The van der Waals surface area contributed by atoms with Gasteiger partial charge in [0.05, 0.1) is 12.2 Å². The van der Waals surface area contributed by atoms with E-state index in [0.29, 0.717) is 5.92 Å². The number of hydrogen-bond donors (Lipinski definition) is 1. The van der Waals surface area contributed by atoms with Crippen molar-refractivity contribution in [1.82, 2.24) is 10.3 Å². The zero-order chi connectivity index (χ0) is 13.2. The van der Waals surface area contributed by atoms with E-state index in [0.717, 1.165) is 23.5 Å². The van der Waals surface area contributed by atoms with Gasteiger partial charge in [0.1, 0.15) is 5.76 Å². The molecular formula is C16H26N2O. The third-order valence-corrected chi connectivity index (χ3v) is 5.29. The van der Waals surface area contributed by atoms with Crippen LogP contribution in [-0.2, 0) is 0 Å². The summed E-state index contributed by atoms with van der Waals surface area (Å²) in [4.78, 5) is 4.44. The lowest BCUT2D eigenvalue weighted by molar-refractivity contribution is 0.147. The van der Waals surface area contributed by atoms with Gasteiger partial charge >= 0.3 is 0 Å². The fourth-order valence-corrected chi connectivity index (χ4v) is 3.94. The number of fused-ring (bicyclic) bond motifs is 1. The Morgan fingerprint density at radius 2 is 2.00 bits per heavy atom. The average molecular weight is 262 g/mol. The van der Waals surface area contributed by atoms with Crippen LogP contribution >= 0.6 is 0 Å². The van der Waals surface area contributed by atoms with Crippen LogP contribution in [0.5, 0.6) is 0 Å². The largest absolute Gasteiger partial charge is 0.444 e. The van der Waals surface area contributed by atoms with Crippen LogP contribution in [0.4, 0.5) is 0 Å². The van der Waals surface area contributed by atoms with Gasteiger partial charge < -0.3 is 9.73 Å². The predicted molar refractivity (Wildman–Crippen MR) is 76.0 cm³/mol. The minimum absolute atomic E-state index is 0.208. The number of nitrogens with zero attached hydrogens (tertiary/aromatic N) is 1. The smallest absolute Gasteiger partial charge is 0.211 e. The van der Waals surface area contributed by atoms with Gasteiger partial charge in [0, 0.05) is 5.92 Å². The first kappa shape index (κ1) is 13.2. The van der Waals surface area contributed by atoms with Gasteiger partial charge in [0.2, 0.25) is 5.89 Å². The molecule has 1 heterocycles. The Morgan fingerprint density at radius 3 is 2.79 bits per heavy atom. The third-order valence-electron chi connectivity index (χ3n) is 5.29. The van der Waals surface area contributed by atoms with Crippen molar-refractivity contribution in [3.8, 4) is 0 Å². The van der Waals surface area contributed by atoms with E-state index in [1.165, 1.54) is 44.9 Å². The lowest BCUT2D eigenvalue weighted by Gasteiger charge is -2.38. The average Bonchev–Trinajstić information content (AvgIpc) is 2.95. The summed E-state index contributed by atoms with van der Waals surface area (Å²) >= 11 is 0. The van der Waals surface area contributed by atoms with E-state index in [2.05, 4.69) is 17.2 Å². The van der Waals surface area contributed by atoms with Crippen LogP contribution in [-0.4, -0.2) is 12.0 Å². The zero-order valence-corrected chi connectivity index (χ0v) is 12.2. The minimum atomic E-state index is 0.208. The summed E-state index contributed by atoms with van der Waals surface area (Å²) < 4.78 is 5.98. The summed E-state index contributed by atoms with van der Waals surface area (Å²) in [5, 5.41) is 3.19. The normalized spacial score (nSPS) is 32.8. The Morgan fingerprint density at radius 1 is 1.21 bits per heavy atom. The molecule has 2 saturated carbocycles. The third kappa shape index (κ3) is 2.71.